The fourth-order valence-electron chi connectivity index (χ4n) is 1.98. The summed E-state index contributed by atoms with van der Waals surface area (Å²) in [6, 6.07) is 11.6. The monoisotopic (exact) mass is 408 g/mol. The van der Waals surface area contributed by atoms with Crippen molar-refractivity contribution >= 4 is 33.4 Å². The largest absolute Gasteiger partial charge is 0.481 e. The second-order valence-electron chi connectivity index (χ2n) is 5.53. The summed E-state index contributed by atoms with van der Waals surface area (Å²) in [5.74, 6) is -1.34. The lowest BCUT2D eigenvalue weighted by molar-refractivity contribution is -0.135. The van der Waals surface area contributed by atoms with Gasteiger partial charge in [-0.2, -0.15) is 0 Å². The summed E-state index contributed by atoms with van der Waals surface area (Å²) >= 11 is 3.14. The Morgan fingerprint density at radius 2 is 1.88 bits per heavy atom. The number of nitrogens with zero attached hydrogens (tertiary/aromatic N) is 1. The number of aryl methyl sites for hydroxylation is 1. The van der Waals surface area contributed by atoms with Gasteiger partial charge in [0.25, 0.3) is 5.91 Å². The number of halogens is 2. The molecule has 0 aliphatic rings. The molecule has 0 aromatic heterocycles. The van der Waals surface area contributed by atoms with Crippen LogP contribution < -0.4 is 10.1 Å². The number of benzene rings is 2. The van der Waals surface area contributed by atoms with Gasteiger partial charge in [-0.05, 0) is 37.3 Å². The van der Waals surface area contributed by atoms with Gasteiger partial charge < -0.3 is 15.0 Å². The van der Waals surface area contributed by atoms with E-state index in [4.69, 9.17) is 4.74 Å². The highest BCUT2D eigenvalue weighted by molar-refractivity contribution is 9.10. The fourth-order valence-corrected chi connectivity index (χ4v) is 2.32. The van der Waals surface area contributed by atoms with Crippen LogP contribution in [-0.4, -0.2) is 36.9 Å². The van der Waals surface area contributed by atoms with Gasteiger partial charge in [0.05, 0.1) is 6.54 Å². The highest BCUT2D eigenvalue weighted by Gasteiger charge is 2.15. The molecule has 0 aliphatic heterocycles. The smallest absolute Gasteiger partial charge is 0.260 e. The molecule has 0 unspecified atom stereocenters. The Morgan fingerprint density at radius 1 is 1.20 bits per heavy atom. The number of ether oxygens (including phenoxy) is 1. The molecule has 25 heavy (non-hydrogen) atoms. The molecule has 0 bridgehead atoms. The zero-order valence-corrected chi connectivity index (χ0v) is 15.5. The summed E-state index contributed by atoms with van der Waals surface area (Å²) in [4.78, 5) is 25.2. The van der Waals surface area contributed by atoms with Crippen molar-refractivity contribution in [1.82, 2.24) is 4.90 Å². The van der Waals surface area contributed by atoms with Crippen LogP contribution in [0.5, 0.6) is 5.75 Å². The second kappa shape index (κ2) is 8.62. The third kappa shape index (κ3) is 5.86. The number of carbonyl (C=O) groups excluding carboxylic acids is 2. The maximum atomic E-state index is 13.6. The Bertz CT molecular complexity index is 765. The maximum absolute atomic E-state index is 13.6. The minimum absolute atomic E-state index is 0.0194. The normalized spacial score (nSPS) is 10.2. The van der Waals surface area contributed by atoms with Gasteiger partial charge in [-0.1, -0.05) is 33.6 Å². The van der Waals surface area contributed by atoms with Gasteiger partial charge in [-0.3, -0.25) is 9.59 Å². The van der Waals surface area contributed by atoms with Crippen molar-refractivity contribution in [2.24, 2.45) is 0 Å². The third-order valence-electron chi connectivity index (χ3n) is 3.39. The molecule has 0 spiro atoms. The van der Waals surface area contributed by atoms with Gasteiger partial charge in [0.2, 0.25) is 5.91 Å². The molecule has 2 amide bonds. The summed E-state index contributed by atoms with van der Waals surface area (Å²) in [6.45, 7) is 1.47. The number of rotatable bonds is 6. The predicted molar refractivity (Wildman–Crippen MR) is 97.0 cm³/mol. The van der Waals surface area contributed by atoms with E-state index >= 15 is 0 Å². The van der Waals surface area contributed by atoms with E-state index in [0.29, 0.717) is 10.2 Å². The molecule has 0 aliphatic carbocycles. The summed E-state index contributed by atoms with van der Waals surface area (Å²) < 4.78 is 19.4. The van der Waals surface area contributed by atoms with Crippen molar-refractivity contribution in [3.05, 3.63) is 58.3 Å². The van der Waals surface area contributed by atoms with E-state index in [1.54, 1.807) is 18.2 Å². The van der Waals surface area contributed by atoms with Crippen LogP contribution in [0.3, 0.4) is 0 Å². The second-order valence-corrected chi connectivity index (χ2v) is 6.44. The Hall–Kier alpha value is -2.41. The number of likely N-dealkylation sites (N-methyl/N-ethyl adjacent to an activating group) is 1. The van der Waals surface area contributed by atoms with Crippen molar-refractivity contribution < 1.29 is 18.7 Å². The molecular weight excluding hydrogens is 391 g/mol. The van der Waals surface area contributed by atoms with E-state index in [-0.39, 0.29) is 24.8 Å². The first-order valence-corrected chi connectivity index (χ1v) is 8.33. The van der Waals surface area contributed by atoms with E-state index in [9.17, 15) is 14.0 Å². The highest BCUT2D eigenvalue weighted by Crippen LogP contribution is 2.21. The first-order chi connectivity index (χ1) is 11.8. The molecule has 0 saturated heterocycles. The number of nitrogens with one attached hydrogen (secondary N) is 1. The highest BCUT2D eigenvalue weighted by atomic mass is 79.9. The lowest BCUT2D eigenvalue weighted by Gasteiger charge is -2.17. The van der Waals surface area contributed by atoms with Crippen molar-refractivity contribution in [3.8, 4) is 5.75 Å². The summed E-state index contributed by atoms with van der Waals surface area (Å²) in [5.41, 5.74) is 1.74. The molecule has 1 N–H and O–H groups in total. The Labute approximate surface area is 153 Å². The van der Waals surface area contributed by atoms with Gasteiger partial charge in [0, 0.05) is 17.2 Å². The maximum Gasteiger partial charge on any atom is 0.260 e. The van der Waals surface area contributed by atoms with Crippen LogP contribution in [0.1, 0.15) is 5.56 Å². The topological polar surface area (TPSA) is 58.6 Å². The minimum Gasteiger partial charge on any atom is -0.481 e. The van der Waals surface area contributed by atoms with Gasteiger partial charge in [-0.15, -0.1) is 0 Å². The van der Waals surface area contributed by atoms with Crippen LogP contribution >= 0.6 is 15.9 Å². The molecule has 0 atom stereocenters. The Kier molecular flexibility index (Phi) is 6.52. The first-order valence-electron chi connectivity index (χ1n) is 7.53. The van der Waals surface area contributed by atoms with Gasteiger partial charge in [0.1, 0.15) is 0 Å². The molecule has 2 aromatic carbocycles. The number of hydrogen-bond donors (Lipinski definition) is 1. The molecule has 7 heteroatoms. The predicted octanol–water partition coefficient (Wildman–Crippen LogP) is 3.37. The molecular formula is C18H18BrFN2O3. The number of anilines is 1. The van der Waals surface area contributed by atoms with Crippen LogP contribution in [-0.2, 0) is 9.59 Å². The van der Waals surface area contributed by atoms with Crippen LogP contribution in [0.4, 0.5) is 10.1 Å². The number of carbonyl (C=O) groups is 2. The molecule has 132 valence electrons. The SMILES string of the molecule is Cc1ccc(NC(=O)CN(C)C(=O)COc2ccc(Br)cc2F)cc1. The summed E-state index contributed by atoms with van der Waals surface area (Å²) in [5, 5.41) is 2.71. The first kappa shape index (κ1) is 18.9. The van der Waals surface area contributed by atoms with Gasteiger partial charge in [0.15, 0.2) is 18.2 Å². The van der Waals surface area contributed by atoms with Crippen LogP contribution in [0, 0.1) is 12.7 Å². The Morgan fingerprint density at radius 3 is 2.52 bits per heavy atom. The molecule has 0 radical (unpaired) electrons. The molecule has 2 aromatic rings. The lowest BCUT2D eigenvalue weighted by atomic mass is 10.2. The van der Waals surface area contributed by atoms with E-state index in [1.807, 2.05) is 19.1 Å². The van der Waals surface area contributed by atoms with E-state index in [0.717, 1.165) is 5.56 Å². The number of hydrogen-bond acceptors (Lipinski definition) is 3. The summed E-state index contributed by atoms with van der Waals surface area (Å²) in [6.07, 6.45) is 0. The zero-order chi connectivity index (χ0) is 18.4. The minimum atomic E-state index is -0.568. The van der Waals surface area contributed by atoms with Gasteiger partial charge >= 0.3 is 0 Å². The van der Waals surface area contributed by atoms with Crippen molar-refractivity contribution in [2.75, 3.05) is 25.5 Å². The molecule has 0 saturated carbocycles. The third-order valence-corrected chi connectivity index (χ3v) is 3.88. The average Bonchev–Trinajstić information content (AvgIpc) is 2.55. The van der Waals surface area contributed by atoms with Gasteiger partial charge in [-0.25, -0.2) is 4.39 Å². The quantitative estimate of drug-likeness (QED) is 0.796. The fraction of sp³-hybridized carbons (Fsp3) is 0.222. The van der Waals surface area contributed by atoms with E-state index in [2.05, 4.69) is 21.2 Å². The average molecular weight is 409 g/mol. The van der Waals surface area contributed by atoms with Crippen LogP contribution in [0.2, 0.25) is 0 Å². The lowest BCUT2D eigenvalue weighted by Crippen LogP contribution is -2.37. The molecule has 5 nitrogen and oxygen atoms in total. The van der Waals surface area contributed by atoms with E-state index in [1.165, 1.54) is 24.1 Å². The van der Waals surface area contributed by atoms with E-state index < -0.39 is 11.7 Å². The summed E-state index contributed by atoms with van der Waals surface area (Å²) in [7, 11) is 1.48. The van der Waals surface area contributed by atoms with Crippen molar-refractivity contribution in [1.29, 1.82) is 0 Å². The van der Waals surface area contributed by atoms with Crippen molar-refractivity contribution in [3.63, 3.8) is 0 Å². The molecule has 0 fully saturated rings. The number of amides is 2. The molecule has 0 heterocycles. The molecule has 2 rings (SSSR count). The Balaban J connectivity index is 1.82. The zero-order valence-electron chi connectivity index (χ0n) is 13.9. The van der Waals surface area contributed by atoms with Crippen LogP contribution in [0.15, 0.2) is 46.9 Å². The van der Waals surface area contributed by atoms with Crippen LogP contribution in [0.25, 0.3) is 0 Å². The van der Waals surface area contributed by atoms with Crippen molar-refractivity contribution in [2.45, 2.75) is 6.92 Å². The standard InChI is InChI=1S/C18H18BrFN2O3/c1-12-3-6-14(7-4-12)21-17(23)10-22(2)18(24)11-25-16-8-5-13(19)9-15(16)20/h3-9H,10-11H2,1-2H3,(H,21,23).